The maximum atomic E-state index is 12.6. The molecule has 8 heteroatoms. The first-order chi connectivity index (χ1) is 11.0. The van der Waals surface area contributed by atoms with Gasteiger partial charge in [-0.15, -0.1) is 0 Å². The summed E-state index contributed by atoms with van der Waals surface area (Å²) in [6, 6.07) is 7.16. The first-order valence-corrected chi connectivity index (χ1v) is 9.63. The van der Waals surface area contributed by atoms with Gasteiger partial charge in [0.25, 0.3) is 5.69 Å². The summed E-state index contributed by atoms with van der Waals surface area (Å²) in [4.78, 5) is 10.2. The molecule has 0 unspecified atom stereocenters. The Hall–Kier alpha value is -1.77. The van der Waals surface area contributed by atoms with Gasteiger partial charge in [-0.1, -0.05) is 0 Å². The fourth-order valence-electron chi connectivity index (χ4n) is 2.83. The van der Waals surface area contributed by atoms with E-state index < -0.39 is 14.9 Å². The lowest BCUT2D eigenvalue weighted by Crippen LogP contribution is -2.37. The fourth-order valence-corrected chi connectivity index (χ4v) is 5.04. The molecule has 2 aromatic rings. The highest BCUT2D eigenvalue weighted by atomic mass is 32.2. The molecule has 6 nitrogen and oxygen atoms in total. The van der Waals surface area contributed by atoms with Gasteiger partial charge in [0, 0.05) is 25.2 Å². The molecule has 122 valence electrons. The van der Waals surface area contributed by atoms with Gasteiger partial charge < -0.3 is 0 Å². The van der Waals surface area contributed by atoms with Crippen LogP contribution in [-0.2, 0) is 10.0 Å². The van der Waals surface area contributed by atoms with Crippen LogP contribution in [-0.4, -0.2) is 30.7 Å². The molecule has 1 aromatic heterocycles. The van der Waals surface area contributed by atoms with Crippen LogP contribution in [0.25, 0.3) is 0 Å². The number of thiophene rings is 1. The van der Waals surface area contributed by atoms with E-state index in [-0.39, 0.29) is 10.6 Å². The third kappa shape index (κ3) is 3.29. The molecule has 0 atom stereocenters. The van der Waals surface area contributed by atoms with E-state index in [9.17, 15) is 18.5 Å². The van der Waals surface area contributed by atoms with Crippen molar-refractivity contribution in [1.29, 1.82) is 0 Å². The van der Waals surface area contributed by atoms with Gasteiger partial charge in [-0.2, -0.15) is 15.6 Å². The Kier molecular flexibility index (Phi) is 4.47. The average Bonchev–Trinajstić information content (AvgIpc) is 3.09. The van der Waals surface area contributed by atoms with E-state index in [0.717, 1.165) is 12.8 Å². The molecule has 0 aliphatic carbocycles. The highest BCUT2D eigenvalue weighted by Gasteiger charge is 2.30. The van der Waals surface area contributed by atoms with Crippen LogP contribution in [0.5, 0.6) is 0 Å². The molecule has 0 N–H and O–H groups in total. The SMILES string of the molecule is O=[N+]([O-])c1ccc(S(=O)(=O)N2CCC(c3ccsc3)CC2)cc1. The molecule has 1 aliphatic rings. The minimum Gasteiger partial charge on any atom is -0.258 e. The van der Waals surface area contributed by atoms with Gasteiger partial charge in [0.1, 0.15) is 0 Å². The van der Waals surface area contributed by atoms with Crippen molar-refractivity contribution in [3.63, 3.8) is 0 Å². The number of rotatable bonds is 4. The van der Waals surface area contributed by atoms with Gasteiger partial charge in [0.15, 0.2) is 0 Å². The van der Waals surface area contributed by atoms with Crippen molar-refractivity contribution >= 4 is 27.0 Å². The first-order valence-electron chi connectivity index (χ1n) is 7.25. The maximum Gasteiger partial charge on any atom is 0.269 e. The second-order valence-electron chi connectivity index (χ2n) is 5.49. The predicted octanol–water partition coefficient (Wildman–Crippen LogP) is 3.22. The number of nitro benzene ring substituents is 1. The van der Waals surface area contributed by atoms with Crippen molar-refractivity contribution in [3.05, 3.63) is 56.8 Å². The van der Waals surface area contributed by atoms with Crippen LogP contribution in [0, 0.1) is 10.1 Å². The molecule has 0 saturated carbocycles. The molecule has 0 bridgehead atoms. The Morgan fingerprint density at radius 3 is 2.30 bits per heavy atom. The summed E-state index contributed by atoms with van der Waals surface area (Å²) in [6.45, 7) is 0.944. The molecule has 23 heavy (non-hydrogen) atoms. The van der Waals surface area contributed by atoms with Crippen LogP contribution >= 0.6 is 11.3 Å². The van der Waals surface area contributed by atoms with Crippen molar-refractivity contribution in [2.75, 3.05) is 13.1 Å². The summed E-state index contributed by atoms with van der Waals surface area (Å²) in [5.74, 6) is 0.407. The number of piperidine rings is 1. The standard InChI is InChI=1S/C15H16N2O4S2/c18-17(19)14-1-3-15(4-2-14)23(20,21)16-8-5-12(6-9-16)13-7-10-22-11-13/h1-4,7,10-12H,5-6,8-9H2. The lowest BCUT2D eigenvalue weighted by atomic mass is 9.92. The average molecular weight is 352 g/mol. The number of benzene rings is 1. The Labute approximate surface area is 138 Å². The molecule has 3 rings (SSSR count). The van der Waals surface area contributed by atoms with Gasteiger partial charge in [0.2, 0.25) is 10.0 Å². The van der Waals surface area contributed by atoms with Gasteiger partial charge in [-0.3, -0.25) is 10.1 Å². The van der Waals surface area contributed by atoms with Crippen molar-refractivity contribution in [2.45, 2.75) is 23.7 Å². The molecule has 0 spiro atoms. The van der Waals surface area contributed by atoms with Crippen LogP contribution in [0.4, 0.5) is 5.69 Å². The van der Waals surface area contributed by atoms with Crippen molar-refractivity contribution in [2.24, 2.45) is 0 Å². The van der Waals surface area contributed by atoms with E-state index in [1.165, 1.54) is 34.1 Å². The van der Waals surface area contributed by atoms with E-state index in [0.29, 0.717) is 19.0 Å². The Bertz CT molecular complexity index is 777. The van der Waals surface area contributed by atoms with Gasteiger partial charge in [-0.25, -0.2) is 8.42 Å². The van der Waals surface area contributed by atoms with Crippen LogP contribution in [0.15, 0.2) is 46.0 Å². The zero-order valence-corrected chi connectivity index (χ0v) is 13.9. The second-order valence-corrected chi connectivity index (χ2v) is 8.20. The summed E-state index contributed by atoms with van der Waals surface area (Å²) < 4.78 is 26.7. The predicted molar refractivity (Wildman–Crippen MR) is 88.1 cm³/mol. The number of sulfonamides is 1. The maximum absolute atomic E-state index is 12.6. The van der Waals surface area contributed by atoms with E-state index in [1.807, 2.05) is 5.38 Å². The molecule has 0 amide bonds. The minimum atomic E-state index is -3.58. The van der Waals surface area contributed by atoms with E-state index in [2.05, 4.69) is 11.4 Å². The Morgan fingerprint density at radius 2 is 1.78 bits per heavy atom. The summed E-state index contributed by atoms with van der Waals surface area (Å²) in [5.41, 5.74) is 1.17. The van der Waals surface area contributed by atoms with E-state index >= 15 is 0 Å². The second kappa shape index (κ2) is 6.38. The lowest BCUT2D eigenvalue weighted by molar-refractivity contribution is -0.384. The van der Waals surface area contributed by atoms with Crippen LogP contribution in [0.3, 0.4) is 0 Å². The van der Waals surface area contributed by atoms with Crippen LogP contribution in [0.2, 0.25) is 0 Å². The highest BCUT2D eigenvalue weighted by molar-refractivity contribution is 7.89. The monoisotopic (exact) mass is 352 g/mol. The van der Waals surface area contributed by atoms with Gasteiger partial charge in [-0.05, 0) is 53.3 Å². The fraction of sp³-hybridized carbons (Fsp3) is 0.333. The summed E-state index contributed by atoms with van der Waals surface area (Å²) in [5, 5.41) is 14.8. The molecular formula is C15H16N2O4S2. The first kappa shape index (κ1) is 16.1. The smallest absolute Gasteiger partial charge is 0.258 e. The number of hydrogen-bond acceptors (Lipinski definition) is 5. The van der Waals surface area contributed by atoms with Gasteiger partial charge in [0.05, 0.1) is 9.82 Å². The van der Waals surface area contributed by atoms with Crippen molar-refractivity contribution < 1.29 is 13.3 Å². The number of nitrogens with zero attached hydrogens (tertiary/aromatic N) is 2. The number of hydrogen-bond donors (Lipinski definition) is 0. The molecule has 1 aromatic carbocycles. The van der Waals surface area contributed by atoms with E-state index in [4.69, 9.17) is 0 Å². The molecule has 1 fully saturated rings. The molecular weight excluding hydrogens is 336 g/mol. The molecule has 1 saturated heterocycles. The molecule has 1 aliphatic heterocycles. The van der Waals surface area contributed by atoms with E-state index in [1.54, 1.807) is 11.3 Å². The summed E-state index contributed by atoms with van der Waals surface area (Å²) in [6.07, 6.45) is 1.59. The quantitative estimate of drug-likeness (QED) is 0.625. The zero-order chi connectivity index (χ0) is 16.4. The number of non-ortho nitro benzene ring substituents is 1. The molecule has 0 radical (unpaired) electrons. The van der Waals surface area contributed by atoms with Crippen LogP contribution < -0.4 is 0 Å². The summed E-state index contributed by atoms with van der Waals surface area (Å²) >= 11 is 1.65. The minimum absolute atomic E-state index is 0.108. The van der Waals surface area contributed by atoms with Gasteiger partial charge >= 0.3 is 0 Å². The largest absolute Gasteiger partial charge is 0.269 e. The lowest BCUT2D eigenvalue weighted by Gasteiger charge is -2.31. The normalized spacial score (nSPS) is 17.2. The Morgan fingerprint density at radius 1 is 1.13 bits per heavy atom. The third-order valence-electron chi connectivity index (χ3n) is 4.15. The van der Waals surface area contributed by atoms with Crippen LogP contribution in [0.1, 0.15) is 24.3 Å². The van der Waals surface area contributed by atoms with Crippen molar-refractivity contribution in [1.82, 2.24) is 4.31 Å². The number of nitro groups is 1. The zero-order valence-electron chi connectivity index (χ0n) is 12.3. The summed E-state index contributed by atoms with van der Waals surface area (Å²) in [7, 11) is -3.58. The topological polar surface area (TPSA) is 80.5 Å². The highest BCUT2D eigenvalue weighted by Crippen LogP contribution is 2.32. The third-order valence-corrected chi connectivity index (χ3v) is 6.77. The van der Waals surface area contributed by atoms with Crippen molar-refractivity contribution in [3.8, 4) is 0 Å². The Balaban J connectivity index is 1.72. The molecule has 2 heterocycles.